The number of carbonyl (C=O) groups is 2. The maximum Gasteiger partial charge on any atom is 0.230 e. The fourth-order valence-corrected chi connectivity index (χ4v) is 6.85. The van der Waals surface area contributed by atoms with Crippen LogP contribution in [0.1, 0.15) is 49.7 Å². The molecule has 1 aliphatic carbocycles. The Balaban J connectivity index is 1.37. The van der Waals surface area contributed by atoms with Crippen molar-refractivity contribution in [2.24, 2.45) is 11.1 Å². The van der Waals surface area contributed by atoms with Crippen molar-refractivity contribution in [3.63, 3.8) is 0 Å². The molecule has 2 aliphatic rings. The Bertz CT molecular complexity index is 1550. The number of hydrogen-bond donors (Lipinski definition) is 2. The van der Waals surface area contributed by atoms with Gasteiger partial charge in [0.15, 0.2) is 10.1 Å². The summed E-state index contributed by atoms with van der Waals surface area (Å²) in [5, 5.41) is 22.2. The largest absolute Gasteiger partial charge is 0.465 e. The molecule has 0 bridgehead atoms. The molecule has 1 aliphatic heterocycles. The number of nitrogens with two attached hydrogens (primary N) is 1. The second-order valence-corrected chi connectivity index (χ2v) is 12.8. The van der Waals surface area contributed by atoms with Crippen LogP contribution in [-0.2, 0) is 16.0 Å². The lowest BCUT2D eigenvalue weighted by molar-refractivity contribution is -0.119. The van der Waals surface area contributed by atoms with Gasteiger partial charge in [-0.2, -0.15) is 5.26 Å². The molecule has 3 heterocycles. The number of carbonyl (C=O) groups excluding carboxylic acids is 2. The number of amides is 1. The van der Waals surface area contributed by atoms with Gasteiger partial charge in [0.1, 0.15) is 17.3 Å². The monoisotopic (exact) mass is 574 g/mol. The minimum atomic E-state index is -0.671. The van der Waals surface area contributed by atoms with Crippen LogP contribution in [0.3, 0.4) is 0 Å². The van der Waals surface area contributed by atoms with Crippen molar-refractivity contribution >= 4 is 39.9 Å². The summed E-state index contributed by atoms with van der Waals surface area (Å²) in [6.45, 7) is 6.45. The third-order valence-corrected chi connectivity index (χ3v) is 8.96. The number of benzene rings is 1. The van der Waals surface area contributed by atoms with Crippen molar-refractivity contribution in [1.29, 1.82) is 5.26 Å². The van der Waals surface area contributed by atoms with Crippen LogP contribution in [-0.4, -0.2) is 34.2 Å². The standard InChI is InChI=1S/C29H30N6O3S2/c1-17-9-10-22(38-17)24-19(15-30)26(31)35(20-13-29(2,3)14-21(36)25(20)24)27-33-34-28(40-27)39-16-23(37)32-12-11-18-7-5-4-6-8-18/h4-10,24H,11-14,16,31H2,1-3H3,(H,32,37). The summed E-state index contributed by atoms with van der Waals surface area (Å²) in [5.41, 5.74) is 8.96. The van der Waals surface area contributed by atoms with Crippen LogP contribution >= 0.6 is 23.1 Å². The van der Waals surface area contributed by atoms with Gasteiger partial charge in [0, 0.05) is 24.2 Å². The van der Waals surface area contributed by atoms with Crippen LogP contribution in [0.2, 0.25) is 0 Å². The highest BCUT2D eigenvalue weighted by Crippen LogP contribution is 2.50. The number of hydrogen-bond acceptors (Lipinski definition) is 10. The van der Waals surface area contributed by atoms with Gasteiger partial charge in [0.2, 0.25) is 11.0 Å². The number of allylic oxidation sites excluding steroid dienone is 3. The van der Waals surface area contributed by atoms with E-state index in [0.29, 0.717) is 51.6 Å². The zero-order valence-corrected chi connectivity index (χ0v) is 24.2. The number of thioether (sulfide) groups is 1. The highest BCUT2D eigenvalue weighted by Gasteiger charge is 2.46. The van der Waals surface area contributed by atoms with Crippen molar-refractivity contribution in [3.05, 3.63) is 82.2 Å². The lowest BCUT2D eigenvalue weighted by Crippen LogP contribution is -2.42. The Morgan fingerprint density at radius 1 is 1.25 bits per heavy atom. The average molecular weight is 575 g/mol. The van der Waals surface area contributed by atoms with Crippen molar-refractivity contribution in [2.45, 2.75) is 50.3 Å². The van der Waals surface area contributed by atoms with Crippen molar-refractivity contribution in [1.82, 2.24) is 15.5 Å². The van der Waals surface area contributed by atoms with Gasteiger partial charge >= 0.3 is 0 Å². The molecule has 1 atom stereocenters. The SMILES string of the molecule is Cc1ccc(C2C(C#N)=C(N)N(c3nnc(SCC(=O)NCCc4ccccc4)s3)C3=C2C(=O)CC(C)(C)C3)o1. The van der Waals surface area contributed by atoms with Crippen LogP contribution < -0.4 is 16.0 Å². The maximum absolute atomic E-state index is 13.6. The fourth-order valence-electron chi connectivity index (χ4n) is 5.14. The lowest BCUT2D eigenvalue weighted by Gasteiger charge is -2.42. The van der Waals surface area contributed by atoms with Gasteiger partial charge < -0.3 is 15.5 Å². The lowest BCUT2D eigenvalue weighted by atomic mass is 9.69. The molecule has 3 N–H and O–H groups in total. The van der Waals surface area contributed by atoms with Gasteiger partial charge in [-0.1, -0.05) is 67.3 Å². The Morgan fingerprint density at radius 2 is 2.02 bits per heavy atom. The van der Waals surface area contributed by atoms with E-state index in [0.717, 1.165) is 12.0 Å². The smallest absolute Gasteiger partial charge is 0.230 e. The summed E-state index contributed by atoms with van der Waals surface area (Å²) >= 11 is 2.55. The number of aryl methyl sites for hydroxylation is 1. The van der Waals surface area contributed by atoms with Crippen molar-refractivity contribution < 1.29 is 14.0 Å². The molecule has 40 heavy (non-hydrogen) atoms. The minimum absolute atomic E-state index is 0.0400. The normalized spacial score (nSPS) is 18.5. The van der Waals surface area contributed by atoms with Gasteiger partial charge in [0.05, 0.1) is 23.3 Å². The molecule has 0 fully saturated rings. The van der Waals surface area contributed by atoms with Gasteiger partial charge in [0.25, 0.3) is 0 Å². The van der Waals surface area contributed by atoms with Crippen molar-refractivity contribution in [3.8, 4) is 6.07 Å². The molecule has 11 heteroatoms. The molecule has 0 spiro atoms. The first-order valence-electron chi connectivity index (χ1n) is 13.0. The number of nitrogens with zero attached hydrogens (tertiary/aromatic N) is 4. The third-order valence-electron chi connectivity index (χ3n) is 6.92. The van der Waals surface area contributed by atoms with Crippen molar-refractivity contribution in [2.75, 3.05) is 17.2 Å². The number of rotatable bonds is 8. The minimum Gasteiger partial charge on any atom is -0.465 e. The van der Waals surface area contributed by atoms with Gasteiger partial charge in [-0.3, -0.25) is 14.5 Å². The van der Waals surface area contributed by atoms with E-state index in [-0.39, 0.29) is 34.3 Å². The van der Waals surface area contributed by atoms with E-state index in [9.17, 15) is 14.9 Å². The number of nitriles is 1. The molecule has 2 aromatic heterocycles. The molecule has 5 rings (SSSR count). The molecular formula is C29H30N6O3S2. The van der Waals surface area contributed by atoms with E-state index >= 15 is 0 Å². The Hall–Kier alpha value is -3.88. The van der Waals surface area contributed by atoms with E-state index in [2.05, 4.69) is 21.6 Å². The third kappa shape index (κ3) is 5.69. The number of aromatic nitrogens is 2. The Kier molecular flexibility index (Phi) is 7.83. The molecule has 3 aromatic rings. The molecule has 0 radical (unpaired) electrons. The van der Waals surface area contributed by atoms with Crippen LogP contribution in [0.4, 0.5) is 5.13 Å². The summed E-state index contributed by atoms with van der Waals surface area (Å²) in [6.07, 6.45) is 1.67. The number of nitrogens with one attached hydrogen (secondary N) is 1. The molecular weight excluding hydrogens is 544 g/mol. The molecule has 1 aromatic carbocycles. The first-order valence-corrected chi connectivity index (χ1v) is 14.8. The predicted octanol–water partition coefficient (Wildman–Crippen LogP) is 4.83. The molecule has 0 saturated heterocycles. The molecule has 9 nitrogen and oxygen atoms in total. The van der Waals surface area contributed by atoms with Gasteiger partial charge in [-0.05, 0) is 42.9 Å². The van der Waals surface area contributed by atoms with Crippen LogP contribution in [0.15, 0.2) is 73.9 Å². The topological polar surface area (TPSA) is 138 Å². The summed E-state index contributed by atoms with van der Waals surface area (Å²) in [7, 11) is 0. The van der Waals surface area contributed by atoms with Crippen LogP contribution in [0.5, 0.6) is 0 Å². The summed E-state index contributed by atoms with van der Waals surface area (Å²) in [6, 6.07) is 15.8. The second kappa shape index (κ2) is 11.3. The number of Topliss-reactive ketones (excluding diaryl/α,β-unsaturated/α-hetero) is 1. The van der Waals surface area contributed by atoms with Gasteiger partial charge in [-0.15, -0.1) is 10.2 Å². The summed E-state index contributed by atoms with van der Waals surface area (Å²) in [5.74, 6) is 0.798. The zero-order valence-electron chi connectivity index (χ0n) is 22.6. The Morgan fingerprint density at radius 3 is 2.73 bits per heavy atom. The second-order valence-electron chi connectivity index (χ2n) is 10.7. The van der Waals surface area contributed by atoms with E-state index in [1.165, 1.54) is 23.1 Å². The quantitative estimate of drug-likeness (QED) is 0.362. The number of furan rings is 1. The average Bonchev–Trinajstić information content (AvgIpc) is 3.55. The summed E-state index contributed by atoms with van der Waals surface area (Å²) < 4.78 is 6.48. The Labute approximate surface area is 241 Å². The zero-order chi connectivity index (χ0) is 28.4. The summed E-state index contributed by atoms with van der Waals surface area (Å²) in [4.78, 5) is 27.7. The maximum atomic E-state index is 13.6. The molecule has 1 unspecified atom stereocenters. The highest BCUT2D eigenvalue weighted by atomic mass is 32.2. The van der Waals surface area contributed by atoms with Gasteiger partial charge in [-0.25, -0.2) is 0 Å². The number of anilines is 1. The van der Waals surface area contributed by atoms with Crippen LogP contribution in [0, 0.1) is 23.7 Å². The van der Waals surface area contributed by atoms with E-state index in [1.54, 1.807) is 11.0 Å². The van der Waals surface area contributed by atoms with Crippen LogP contribution in [0.25, 0.3) is 0 Å². The number of ketones is 1. The van der Waals surface area contributed by atoms with E-state index < -0.39 is 5.92 Å². The predicted molar refractivity (Wildman–Crippen MR) is 154 cm³/mol. The first-order chi connectivity index (χ1) is 19.2. The van der Waals surface area contributed by atoms with E-state index in [1.807, 2.05) is 57.2 Å². The highest BCUT2D eigenvalue weighted by molar-refractivity contribution is 8.01. The molecule has 0 saturated carbocycles. The molecule has 1 amide bonds. The first kappa shape index (κ1) is 27.7. The molecule has 206 valence electrons. The fraction of sp³-hybridized carbons (Fsp3) is 0.345. The van der Waals surface area contributed by atoms with E-state index in [4.69, 9.17) is 10.2 Å².